The van der Waals surface area contributed by atoms with Crippen molar-refractivity contribution in [2.75, 3.05) is 6.61 Å². The minimum atomic E-state index is -3.68. The van der Waals surface area contributed by atoms with E-state index in [1.165, 1.54) is 31.2 Å². The number of carbonyl (C=O) groups is 2. The molecule has 1 aliphatic rings. The van der Waals surface area contributed by atoms with Gasteiger partial charge in [-0.2, -0.15) is 0 Å². The molecule has 0 spiro atoms. The number of nitrogens with one attached hydrogen (secondary N) is 1. The van der Waals surface area contributed by atoms with Gasteiger partial charge in [-0.3, -0.25) is 14.3 Å². The normalized spacial score (nSPS) is 20.8. The number of thioether (sulfide) groups is 1. The quantitative estimate of drug-likeness (QED) is 0.516. The van der Waals surface area contributed by atoms with Gasteiger partial charge in [0, 0.05) is 11.8 Å². The molecule has 8 nitrogen and oxygen atoms in total. The van der Waals surface area contributed by atoms with Crippen molar-refractivity contribution in [3.63, 3.8) is 0 Å². The first-order valence-corrected chi connectivity index (χ1v) is 11.5. The number of nitrogens with zero attached hydrogens (tertiary/aromatic N) is 1. The number of hydrogen-bond acceptors (Lipinski definition) is 7. The zero-order valence-electron chi connectivity index (χ0n) is 18.4. The number of aromatic amines is 1. The van der Waals surface area contributed by atoms with E-state index >= 15 is 8.78 Å². The lowest BCUT2D eigenvalue weighted by atomic mass is 10.1. The summed E-state index contributed by atoms with van der Waals surface area (Å²) in [5, 5.41) is -3.02. The van der Waals surface area contributed by atoms with Crippen molar-refractivity contribution in [1.82, 2.24) is 9.55 Å². The summed E-state index contributed by atoms with van der Waals surface area (Å²) in [5.74, 6) is -5.47. The summed E-state index contributed by atoms with van der Waals surface area (Å²) < 4.78 is 42.4. The average Bonchev–Trinajstić information content (AvgIpc) is 3.10. The van der Waals surface area contributed by atoms with Crippen LogP contribution in [0.5, 0.6) is 0 Å². The highest BCUT2D eigenvalue weighted by atomic mass is 32.2. The first-order chi connectivity index (χ1) is 16.7. The van der Waals surface area contributed by atoms with Crippen LogP contribution in [-0.4, -0.2) is 45.4 Å². The van der Waals surface area contributed by atoms with Crippen LogP contribution in [0, 0.1) is 6.92 Å². The minimum absolute atomic E-state index is 0.0519. The van der Waals surface area contributed by atoms with E-state index in [4.69, 9.17) is 9.47 Å². The fraction of sp³-hybridized carbons (Fsp3) is 0.250. The molecule has 1 aliphatic heterocycles. The van der Waals surface area contributed by atoms with Gasteiger partial charge in [0.1, 0.15) is 17.2 Å². The van der Waals surface area contributed by atoms with E-state index in [9.17, 15) is 19.2 Å². The van der Waals surface area contributed by atoms with Crippen LogP contribution in [0.25, 0.3) is 0 Å². The van der Waals surface area contributed by atoms with Gasteiger partial charge < -0.3 is 9.47 Å². The number of rotatable bonds is 6. The van der Waals surface area contributed by atoms with E-state index in [-0.39, 0.29) is 16.7 Å². The van der Waals surface area contributed by atoms with Crippen molar-refractivity contribution in [2.24, 2.45) is 0 Å². The van der Waals surface area contributed by atoms with E-state index in [2.05, 4.69) is 4.98 Å². The lowest BCUT2D eigenvalue weighted by molar-refractivity contribution is -0.117. The van der Waals surface area contributed by atoms with Crippen molar-refractivity contribution in [2.45, 2.75) is 29.6 Å². The third-order valence-electron chi connectivity index (χ3n) is 5.41. The number of benzene rings is 2. The molecule has 3 aromatic rings. The van der Waals surface area contributed by atoms with Crippen molar-refractivity contribution in [1.29, 1.82) is 0 Å². The largest absolute Gasteiger partial charge is 0.461 e. The molecule has 0 saturated carbocycles. The van der Waals surface area contributed by atoms with Gasteiger partial charge in [-0.05, 0) is 31.2 Å². The highest BCUT2D eigenvalue weighted by Crippen LogP contribution is 2.52. The first-order valence-electron chi connectivity index (χ1n) is 10.5. The Morgan fingerprint density at radius 3 is 2.17 bits per heavy atom. The predicted molar refractivity (Wildman–Crippen MR) is 124 cm³/mol. The number of ether oxygens (including phenoxy) is 2. The maximum atomic E-state index is 15.6. The van der Waals surface area contributed by atoms with Crippen molar-refractivity contribution < 1.29 is 27.8 Å². The van der Waals surface area contributed by atoms with Crippen molar-refractivity contribution >= 4 is 23.7 Å². The number of H-pyrrole nitrogens is 1. The van der Waals surface area contributed by atoms with Crippen LogP contribution < -0.4 is 11.2 Å². The number of alkyl halides is 2. The van der Waals surface area contributed by atoms with E-state index in [1.54, 1.807) is 36.4 Å². The molecule has 182 valence electrons. The molecule has 1 saturated heterocycles. The number of aryl methyl sites for hydroxylation is 1. The molecule has 0 amide bonds. The minimum Gasteiger partial charge on any atom is -0.461 e. The van der Waals surface area contributed by atoms with Gasteiger partial charge in [0.2, 0.25) is 0 Å². The Bertz CT molecular complexity index is 1340. The van der Waals surface area contributed by atoms with Gasteiger partial charge in [-0.25, -0.2) is 23.2 Å². The van der Waals surface area contributed by atoms with Crippen LogP contribution in [0.1, 0.15) is 31.7 Å². The van der Waals surface area contributed by atoms with Gasteiger partial charge in [0.15, 0.2) is 6.10 Å². The summed E-state index contributed by atoms with van der Waals surface area (Å²) in [6, 6.07) is 15.5. The molecule has 1 fully saturated rings. The van der Waals surface area contributed by atoms with Crippen LogP contribution in [0.15, 0.2) is 76.4 Å². The molecule has 1 aromatic heterocycles. The standard InChI is InChI=1S/C24H20F2N2O6S/c1-14-12-28(23(32)27-19(14)29)20-18(34-22(31)16-10-6-3-7-11-16)24(25,26)17(35-20)13-33-21(30)15-8-4-2-5-9-15/h2-12,17-18,20H,13H2,1H3,(H,27,29,32)/t17-,18+,20-/m0/s1. The monoisotopic (exact) mass is 502 g/mol. The third kappa shape index (κ3) is 5.04. The Morgan fingerprint density at radius 1 is 1.00 bits per heavy atom. The molecule has 11 heteroatoms. The molecule has 2 heterocycles. The fourth-order valence-electron chi connectivity index (χ4n) is 3.54. The summed E-state index contributed by atoms with van der Waals surface area (Å²) in [6.07, 6.45) is -0.944. The van der Waals surface area contributed by atoms with Gasteiger partial charge in [0.05, 0.1) is 11.1 Å². The second-order valence-electron chi connectivity index (χ2n) is 7.82. The van der Waals surface area contributed by atoms with Crippen LogP contribution >= 0.6 is 11.8 Å². The Labute approximate surface area is 201 Å². The van der Waals surface area contributed by atoms with Crippen LogP contribution in [0.2, 0.25) is 0 Å². The van der Waals surface area contributed by atoms with Crippen LogP contribution in [0.4, 0.5) is 8.78 Å². The fourth-order valence-corrected chi connectivity index (χ4v) is 5.01. The zero-order chi connectivity index (χ0) is 25.2. The molecular formula is C24H20F2N2O6S. The average molecular weight is 502 g/mol. The molecule has 0 radical (unpaired) electrons. The summed E-state index contributed by atoms with van der Waals surface area (Å²) in [5.41, 5.74) is -1.24. The molecule has 1 N–H and O–H groups in total. The molecule has 4 rings (SSSR count). The number of aromatic nitrogens is 2. The Morgan fingerprint density at radius 2 is 1.57 bits per heavy atom. The number of halogens is 2. The summed E-state index contributed by atoms with van der Waals surface area (Å²) >= 11 is 0.618. The van der Waals surface area contributed by atoms with E-state index in [0.717, 1.165) is 10.8 Å². The van der Waals surface area contributed by atoms with Crippen LogP contribution in [-0.2, 0) is 9.47 Å². The second-order valence-corrected chi connectivity index (χ2v) is 9.15. The molecule has 2 aromatic carbocycles. The highest BCUT2D eigenvalue weighted by Gasteiger charge is 2.62. The van der Waals surface area contributed by atoms with E-state index < -0.39 is 52.4 Å². The van der Waals surface area contributed by atoms with Gasteiger partial charge >= 0.3 is 23.6 Å². The molecule has 0 bridgehead atoms. The Hall–Kier alpha value is -3.73. The van der Waals surface area contributed by atoms with Gasteiger partial charge in [-0.15, -0.1) is 11.8 Å². The Kier molecular flexibility index (Phi) is 6.88. The zero-order valence-corrected chi connectivity index (χ0v) is 19.2. The number of esters is 2. The Balaban J connectivity index is 1.64. The predicted octanol–water partition coefficient (Wildman–Crippen LogP) is 3.18. The van der Waals surface area contributed by atoms with Crippen LogP contribution in [0.3, 0.4) is 0 Å². The van der Waals surface area contributed by atoms with E-state index in [1.807, 2.05) is 0 Å². The SMILES string of the molecule is Cc1cn([C@H]2S[C@@H](COC(=O)c3ccccc3)C(F)(F)[C@@H]2OC(=O)c2ccccc2)c(=O)[nH]c1=O. The van der Waals surface area contributed by atoms with Gasteiger partial charge in [0.25, 0.3) is 5.56 Å². The molecular weight excluding hydrogens is 482 g/mol. The lowest BCUT2D eigenvalue weighted by Crippen LogP contribution is -2.45. The molecule has 35 heavy (non-hydrogen) atoms. The molecule has 3 atom stereocenters. The summed E-state index contributed by atoms with van der Waals surface area (Å²) in [4.78, 5) is 51.3. The second kappa shape index (κ2) is 9.87. The maximum absolute atomic E-state index is 15.6. The molecule has 0 unspecified atom stereocenters. The van der Waals surface area contributed by atoms with E-state index in [0.29, 0.717) is 11.8 Å². The highest BCUT2D eigenvalue weighted by molar-refractivity contribution is 8.00. The number of hydrogen-bond donors (Lipinski definition) is 1. The van der Waals surface area contributed by atoms with Gasteiger partial charge in [-0.1, -0.05) is 36.4 Å². The molecule has 0 aliphatic carbocycles. The summed E-state index contributed by atoms with van der Waals surface area (Å²) in [6.45, 7) is 0.717. The van der Waals surface area contributed by atoms with Crippen molar-refractivity contribution in [3.05, 3.63) is 104 Å². The lowest BCUT2D eigenvalue weighted by Gasteiger charge is -2.26. The topological polar surface area (TPSA) is 107 Å². The smallest absolute Gasteiger partial charge is 0.338 e. The number of carbonyl (C=O) groups excluding carboxylic acids is 2. The van der Waals surface area contributed by atoms with Crippen molar-refractivity contribution in [3.8, 4) is 0 Å². The maximum Gasteiger partial charge on any atom is 0.338 e. The first kappa shape index (κ1) is 24.4. The summed E-state index contributed by atoms with van der Waals surface area (Å²) in [7, 11) is 0. The third-order valence-corrected chi connectivity index (χ3v) is 6.94.